The number of carbonyl (C=O) groups excluding carboxylic acids is 1. The van der Waals surface area contributed by atoms with Gasteiger partial charge in [0.15, 0.2) is 0 Å². The van der Waals surface area contributed by atoms with Gasteiger partial charge in [-0.05, 0) is 24.3 Å². The predicted octanol–water partition coefficient (Wildman–Crippen LogP) is 4.61. The van der Waals surface area contributed by atoms with Gasteiger partial charge in [-0.25, -0.2) is 0 Å². The highest BCUT2D eigenvalue weighted by molar-refractivity contribution is 7.99. The van der Waals surface area contributed by atoms with Crippen molar-refractivity contribution in [1.82, 2.24) is 0 Å². The Hall–Kier alpha value is -2.35. The zero-order valence-corrected chi connectivity index (χ0v) is 14.3. The van der Waals surface area contributed by atoms with E-state index in [9.17, 15) is 18.0 Å². The maximum absolute atomic E-state index is 12.5. The molecule has 0 aliphatic rings. The van der Waals surface area contributed by atoms with Crippen LogP contribution in [0, 0.1) is 0 Å². The van der Waals surface area contributed by atoms with Crippen LogP contribution >= 0.6 is 11.8 Å². The van der Waals surface area contributed by atoms with E-state index in [-0.39, 0.29) is 5.56 Å². The Bertz CT molecular complexity index is 750. The Balaban J connectivity index is 2.21. The number of amides is 1. The Morgan fingerprint density at radius 2 is 1.84 bits per heavy atom. The summed E-state index contributed by atoms with van der Waals surface area (Å²) in [5.41, 5.74) is 0.554. The average Bonchev–Trinajstić information content (AvgIpc) is 2.59. The van der Waals surface area contributed by atoms with E-state index in [1.165, 1.54) is 26.4 Å². The second-order valence-electron chi connectivity index (χ2n) is 4.92. The fourth-order valence-electron chi connectivity index (χ4n) is 2.03. The van der Waals surface area contributed by atoms with Crippen molar-refractivity contribution >= 4 is 23.4 Å². The van der Waals surface area contributed by atoms with Gasteiger partial charge in [-0.15, -0.1) is 11.8 Å². The van der Waals surface area contributed by atoms with Gasteiger partial charge >= 0.3 is 6.18 Å². The molecule has 0 fully saturated rings. The smallest absolute Gasteiger partial charge is 0.398 e. The van der Waals surface area contributed by atoms with E-state index < -0.39 is 17.8 Å². The largest absolute Gasteiger partial charge is 0.497 e. The summed E-state index contributed by atoms with van der Waals surface area (Å²) in [5, 5.41) is 2.63. The number of hydrogen-bond acceptors (Lipinski definition) is 4. The first-order chi connectivity index (χ1) is 11.8. The third-order valence-electron chi connectivity index (χ3n) is 3.18. The van der Waals surface area contributed by atoms with E-state index in [2.05, 4.69) is 5.32 Å². The van der Waals surface area contributed by atoms with E-state index >= 15 is 0 Å². The summed E-state index contributed by atoms with van der Waals surface area (Å²) in [6.07, 6.45) is -4.29. The molecular weight excluding hydrogens is 355 g/mol. The van der Waals surface area contributed by atoms with Gasteiger partial charge in [0.2, 0.25) is 0 Å². The molecule has 0 saturated heterocycles. The first-order valence-electron chi connectivity index (χ1n) is 7.16. The van der Waals surface area contributed by atoms with E-state index in [1.807, 2.05) is 0 Å². The van der Waals surface area contributed by atoms with Gasteiger partial charge in [-0.2, -0.15) is 13.2 Å². The van der Waals surface area contributed by atoms with Gasteiger partial charge in [-0.3, -0.25) is 4.79 Å². The molecule has 0 unspecified atom stereocenters. The minimum atomic E-state index is -4.29. The van der Waals surface area contributed by atoms with Gasteiger partial charge in [0.1, 0.15) is 11.5 Å². The van der Waals surface area contributed by atoms with Crippen LogP contribution in [-0.4, -0.2) is 32.1 Å². The molecule has 2 aromatic rings. The van der Waals surface area contributed by atoms with Crippen molar-refractivity contribution in [2.24, 2.45) is 0 Å². The zero-order valence-electron chi connectivity index (χ0n) is 13.5. The number of hydrogen-bond donors (Lipinski definition) is 1. The van der Waals surface area contributed by atoms with Crippen LogP contribution in [0.5, 0.6) is 11.5 Å². The highest BCUT2D eigenvalue weighted by atomic mass is 32.2. The molecule has 134 valence electrons. The standard InChI is InChI=1S/C17H16F3NO3S/c1-23-11-7-8-12(14(9-11)24-2)16(22)21-13-5-3-4-6-15(13)25-10-17(18,19)20/h3-9H,10H2,1-2H3,(H,21,22). The van der Waals surface area contributed by atoms with Crippen molar-refractivity contribution in [2.45, 2.75) is 11.1 Å². The average molecular weight is 371 g/mol. The molecule has 0 radical (unpaired) electrons. The lowest BCUT2D eigenvalue weighted by atomic mass is 10.1. The summed E-state index contributed by atoms with van der Waals surface area (Å²) in [6, 6.07) is 11.0. The quantitative estimate of drug-likeness (QED) is 0.754. The van der Waals surface area contributed by atoms with Crippen LogP contribution in [0.1, 0.15) is 10.4 Å². The van der Waals surface area contributed by atoms with Gasteiger partial charge < -0.3 is 14.8 Å². The van der Waals surface area contributed by atoms with E-state index in [4.69, 9.17) is 9.47 Å². The SMILES string of the molecule is COc1ccc(C(=O)Nc2ccccc2SCC(F)(F)F)c(OC)c1. The van der Waals surface area contributed by atoms with Crippen molar-refractivity contribution in [2.75, 3.05) is 25.3 Å². The molecule has 0 saturated carbocycles. The minimum Gasteiger partial charge on any atom is -0.497 e. The first kappa shape index (κ1) is 19.0. The van der Waals surface area contributed by atoms with Crippen LogP contribution in [0.3, 0.4) is 0 Å². The number of carbonyl (C=O) groups is 1. The third kappa shape index (κ3) is 5.32. The predicted molar refractivity (Wildman–Crippen MR) is 90.7 cm³/mol. The number of ether oxygens (including phenoxy) is 2. The number of benzene rings is 2. The molecule has 1 N–H and O–H groups in total. The fraction of sp³-hybridized carbons (Fsp3) is 0.235. The molecule has 1 amide bonds. The summed E-state index contributed by atoms with van der Waals surface area (Å²) < 4.78 is 47.5. The second kappa shape index (κ2) is 8.15. The molecular formula is C17H16F3NO3S. The maximum atomic E-state index is 12.5. The Labute approximate surface area is 147 Å². The number of rotatable bonds is 6. The van der Waals surface area contributed by atoms with E-state index in [0.29, 0.717) is 33.8 Å². The number of nitrogens with one attached hydrogen (secondary N) is 1. The molecule has 0 spiro atoms. The summed E-state index contributed by atoms with van der Waals surface area (Å²) in [7, 11) is 2.90. The van der Waals surface area contributed by atoms with Gasteiger partial charge in [0.25, 0.3) is 5.91 Å². The number of alkyl halides is 3. The van der Waals surface area contributed by atoms with Crippen LogP contribution in [-0.2, 0) is 0 Å². The lowest BCUT2D eigenvalue weighted by molar-refractivity contribution is -0.105. The first-order valence-corrected chi connectivity index (χ1v) is 8.14. The fourth-order valence-corrected chi connectivity index (χ4v) is 2.80. The van der Waals surface area contributed by atoms with Gasteiger partial charge in [0.05, 0.1) is 31.2 Å². The van der Waals surface area contributed by atoms with Crippen molar-refractivity contribution < 1.29 is 27.4 Å². The highest BCUT2D eigenvalue weighted by Crippen LogP contribution is 2.33. The maximum Gasteiger partial charge on any atom is 0.398 e. The highest BCUT2D eigenvalue weighted by Gasteiger charge is 2.27. The molecule has 0 atom stereocenters. The van der Waals surface area contributed by atoms with Crippen LogP contribution in [0.15, 0.2) is 47.4 Å². The van der Waals surface area contributed by atoms with Crippen molar-refractivity contribution in [3.63, 3.8) is 0 Å². The lowest BCUT2D eigenvalue weighted by Gasteiger charge is -2.14. The molecule has 0 aliphatic heterocycles. The third-order valence-corrected chi connectivity index (χ3v) is 4.32. The van der Waals surface area contributed by atoms with E-state index in [0.717, 1.165) is 0 Å². The van der Waals surface area contributed by atoms with Crippen molar-refractivity contribution in [1.29, 1.82) is 0 Å². The second-order valence-corrected chi connectivity index (χ2v) is 5.94. The number of thioether (sulfide) groups is 1. The number of anilines is 1. The molecule has 0 aromatic heterocycles. The zero-order chi connectivity index (χ0) is 18.4. The molecule has 8 heteroatoms. The Morgan fingerprint density at radius 1 is 1.12 bits per heavy atom. The van der Waals surface area contributed by atoms with Crippen LogP contribution in [0.25, 0.3) is 0 Å². The Kier molecular flexibility index (Phi) is 6.19. The molecule has 0 bridgehead atoms. The summed E-state index contributed by atoms with van der Waals surface area (Å²) >= 11 is 0.616. The normalized spacial score (nSPS) is 11.1. The molecule has 0 heterocycles. The van der Waals surface area contributed by atoms with Gasteiger partial charge in [-0.1, -0.05) is 12.1 Å². The lowest BCUT2D eigenvalue weighted by Crippen LogP contribution is -2.15. The van der Waals surface area contributed by atoms with Crippen molar-refractivity contribution in [3.05, 3.63) is 48.0 Å². The van der Waals surface area contributed by atoms with E-state index in [1.54, 1.807) is 30.3 Å². The molecule has 2 rings (SSSR count). The van der Waals surface area contributed by atoms with Gasteiger partial charge in [0, 0.05) is 11.0 Å². The number of methoxy groups -OCH3 is 2. The molecule has 2 aromatic carbocycles. The minimum absolute atomic E-state index is 0.249. The molecule has 4 nitrogen and oxygen atoms in total. The van der Waals surface area contributed by atoms with Crippen LogP contribution in [0.4, 0.5) is 18.9 Å². The summed E-state index contributed by atoms with van der Waals surface area (Å²) in [5.74, 6) is -0.697. The summed E-state index contributed by atoms with van der Waals surface area (Å²) in [4.78, 5) is 12.8. The number of para-hydroxylation sites is 1. The van der Waals surface area contributed by atoms with Crippen LogP contribution < -0.4 is 14.8 Å². The van der Waals surface area contributed by atoms with Crippen LogP contribution in [0.2, 0.25) is 0 Å². The Morgan fingerprint density at radius 3 is 2.48 bits per heavy atom. The topological polar surface area (TPSA) is 47.6 Å². The molecule has 25 heavy (non-hydrogen) atoms. The monoisotopic (exact) mass is 371 g/mol. The summed E-state index contributed by atoms with van der Waals surface area (Å²) in [6.45, 7) is 0. The number of halogens is 3. The van der Waals surface area contributed by atoms with Crippen molar-refractivity contribution in [3.8, 4) is 11.5 Å². The molecule has 0 aliphatic carbocycles.